The van der Waals surface area contributed by atoms with Crippen LogP contribution in [0.5, 0.6) is 0 Å². The fourth-order valence-electron chi connectivity index (χ4n) is 4.89. The van der Waals surface area contributed by atoms with Gasteiger partial charge >= 0.3 is 5.69 Å². The number of amides is 4. The molecular formula is C26H34FN7O5. The maximum absolute atomic E-state index is 14.7. The minimum absolute atomic E-state index is 0.0374. The van der Waals surface area contributed by atoms with E-state index in [9.17, 15) is 28.4 Å². The lowest BCUT2D eigenvalue weighted by Crippen LogP contribution is -2.55. The Labute approximate surface area is 224 Å². The van der Waals surface area contributed by atoms with Gasteiger partial charge in [-0.3, -0.25) is 24.2 Å². The van der Waals surface area contributed by atoms with Crippen LogP contribution in [0.3, 0.4) is 0 Å². The molecule has 2 atom stereocenters. The molecule has 0 spiro atoms. The van der Waals surface area contributed by atoms with Crippen LogP contribution in [0.15, 0.2) is 23.0 Å². The lowest BCUT2D eigenvalue weighted by molar-refractivity contribution is -0.126. The zero-order valence-corrected chi connectivity index (χ0v) is 22.3. The number of rotatable bonds is 2. The Bertz CT molecular complexity index is 1320. The molecule has 1 aromatic heterocycles. The predicted octanol–water partition coefficient (Wildman–Crippen LogP) is 0.198. The minimum Gasteiger partial charge on any atom is -0.355 e. The van der Waals surface area contributed by atoms with E-state index in [0.717, 1.165) is 10.2 Å². The van der Waals surface area contributed by atoms with Crippen molar-refractivity contribution in [3.8, 4) is 0 Å². The number of nitrogens with zero attached hydrogens (tertiary/aromatic N) is 4. The Morgan fingerprint density at radius 1 is 1.15 bits per heavy atom. The molecule has 4 amide bonds. The summed E-state index contributed by atoms with van der Waals surface area (Å²) in [6, 6.07) is 2.98. The maximum Gasteiger partial charge on any atom is 0.343 e. The Morgan fingerprint density at radius 2 is 1.92 bits per heavy atom. The van der Waals surface area contributed by atoms with E-state index in [2.05, 4.69) is 20.7 Å². The van der Waals surface area contributed by atoms with E-state index in [0.29, 0.717) is 38.8 Å². The molecule has 1 aromatic carbocycles. The zero-order chi connectivity index (χ0) is 28.3. The number of H-pyrrole nitrogens is 1. The molecular weight excluding hydrogens is 509 g/mol. The van der Waals surface area contributed by atoms with Crippen LogP contribution in [0, 0.1) is 11.7 Å². The number of halogens is 1. The molecule has 2 aliphatic heterocycles. The van der Waals surface area contributed by atoms with Crippen LogP contribution in [0.2, 0.25) is 0 Å². The summed E-state index contributed by atoms with van der Waals surface area (Å²) in [6.45, 7) is 3.98. The highest BCUT2D eigenvalue weighted by atomic mass is 19.1. The Balaban J connectivity index is 1.66. The van der Waals surface area contributed by atoms with Gasteiger partial charge in [-0.15, -0.1) is 5.10 Å². The van der Waals surface area contributed by atoms with Crippen LogP contribution in [0.1, 0.15) is 59.7 Å². The molecule has 2 aliphatic rings. The Hall–Kier alpha value is -4.03. The maximum atomic E-state index is 14.7. The van der Waals surface area contributed by atoms with Gasteiger partial charge in [-0.2, -0.15) is 0 Å². The molecule has 2 bridgehead atoms. The van der Waals surface area contributed by atoms with Gasteiger partial charge in [-0.1, -0.05) is 19.9 Å². The van der Waals surface area contributed by atoms with Crippen molar-refractivity contribution < 1.29 is 23.6 Å². The molecule has 0 unspecified atom stereocenters. The first-order valence-corrected chi connectivity index (χ1v) is 13.1. The van der Waals surface area contributed by atoms with E-state index < -0.39 is 47.2 Å². The third-order valence-electron chi connectivity index (χ3n) is 7.18. The summed E-state index contributed by atoms with van der Waals surface area (Å²) in [5.41, 5.74) is 0.0736. The second-order valence-corrected chi connectivity index (χ2v) is 10.4. The van der Waals surface area contributed by atoms with Crippen LogP contribution in [0.4, 0.5) is 4.39 Å². The second kappa shape index (κ2) is 11.8. The lowest BCUT2D eigenvalue weighted by Gasteiger charge is -2.32. The van der Waals surface area contributed by atoms with Crippen molar-refractivity contribution in [2.45, 2.75) is 51.6 Å². The van der Waals surface area contributed by atoms with Gasteiger partial charge in [0.15, 0.2) is 0 Å². The van der Waals surface area contributed by atoms with Crippen molar-refractivity contribution in [2.24, 2.45) is 13.0 Å². The van der Waals surface area contributed by atoms with Crippen molar-refractivity contribution in [1.29, 1.82) is 0 Å². The molecule has 12 nitrogen and oxygen atoms in total. The quantitative estimate of drug-likeness (QED) is 0.493. The number of carbonyl (C=O) groups excluding carboxylic acids is 4. The van der Waals surface area contributed by atoms with Gasteiger partial charge in [0.25, 0.3) is 11.8 Å². The van der Waals surface area contributed by atoms with Crippen molar-refractivity contribution in [1.82, 2.24) is 35.2 Å². The number of fused-ring (bicyclic) bond motifs is 3. The molecule has 4 rings (SSSR count). The number of hydrogen-bond acceptors (Lipinski definition) is 6. The van der Waals surface area contributed by atoms with Crippen LogP contribution in [0.25, 0.3) is 0 Å². The highest BCUT2D eigenvalue weighted by Gasteiger charge is 2.37. The second-order valence-electron chi connectivity index (χ2n) is 10.4. The summed E-state index contributed by atoms with van der Waals surface area (Å²) in [7, 11) is 1.40. The minimum atomic E-state index is -0.794. The molecule has 13 heteroatoms. The van der Waals surface area contributed by atoms with E-state index in [1.54, 1.807) is 6.07 Å². The molecule has 0 saturated carbocycles. The third-order valence-corrected chi connectivity index (χ3v) is 7.18. The first-order chi connectivity index (χ1) is 18.5. The first-order valence-electron chi connectivity index (χ1n) is 13.1. The molecule has 210 valence electrons. The average molecular weight is 544 g/mol. The number of aromatic nitrogens is 3. The van der Waals surface area contributed by atoms with Crippen molar-refractivity contribution >= 4 is 23.6 Å². The summed E-state index contributed by atoms with van der Waals surface area (Å²) in [4.78, 5) is 69.8. The van der Waals surface area contributed by atoms with E-state index in [-0.39, 0.29) is 30.4 Å². The molecule has 39 heavy (non-hydrogen) atoms. The standard InChI is InChI=1S/C26H34FN7O5/c1-15(2)19-13-33(25(38)22-30-26(39)32(3)31-22)14-21(35)28-10-4-6-16-8-9-18(27)17(12-16)24(37)34-11-5-7-20(34)23(36)29-19/h8-9,12,15,19-20H,4-7,10-11,13-14H2,1-3H3,(H,28,35)(H,29,36)(H,30,31,39)/t19-,20-/m0/s1. The van der Waals surface area contributed by atoms with Gasteiger partial charge < -0.3 is 20.4 Å². The van der Waals surface area contributed by atoms with Crippen LogP contribution in [-0.2, 0) is 23.1 Å². The van der Waals surface area contributed by atoms with Crippen molar-refractivity contribution in [3.05, 3.63) is 51.5 Å². The van der Waals surface area contributed by atoms with Gasteiger partial charge in [-0.25, -0.2) is 13.9 Å². The van der Waals surface area contributed by atoms with Crippen LogP contribution >= 0.6 is 0 Å². The molecule has 3 N–H and O–H groups in total. The van der Waals surface area contributed by atoms with Crippen LogP contribution < -0.4 is 16.3 Å². The Morgan fingerprint density at radius 3 is 2.62 bits per heavy atom. The largest absolute Gasteiger partial charge is 0.355 e. The summed E-state index contributed by atoms with van der Waals surface area (Å²) < 4.78 is 15.7. The first kappa shape index (κ1) is 28.0. The normalized spacial score (nSPS) is 21.4. The lowest BCUT2D eigenvalue weighted by atomic mass is 10.0. The number of benzene rings is 1. The molecule has 0 radical (unpaired) electrons. The van der Waals surface area contributed by atoms with Gasteiger partial charge in [0.05, 0.1) is 5.56 Å². The molecule has 2 aromatic rings. The van der Waals surface area contributed by atoms with Crippen molar-refractivity contribution in [2.75, 3.05) is 26.2 Å². The van der Waals surface area contributed by atoms with Gasteiger partial charge in [0.2, 0.25) is 17.6 Å². The number of nitrogens with one attached hydrogen (secondary N) is 3. The summed E-state index contributed by atoms with van der Waals surface area (Å²) in [5, 5.41) is 9.64. The van der Waals surface area contributed by atoms with E-state index in [1.165, 1.54) is 29.0 Å². The van der Waals surface area contributed by atoms with E-state index in [1.807, 2.05) is 13.8 Å². The summed E-state index contributed by atoms with van der Waals surface area (Å²) in [6.07, 6.45) is 2.02. The highest BCUT2D eigenvalue weighted by Crippen LogP contribution is 2.23. The van der Waals surface area contributed by atoms with Crippen molar-refractivity contribution in [3.63, 3.8) is 0 Å². The summed E-state index contributed by atoms with van der Waals surface area (Å²) >= 11 is 0. The molecule has 1 saturated heterocycles. The fraction of sp³-hybridized carbons (Fsp3) is 0.538. The summed E-state index contributed by atoms with van der Waals surface area (Å²) in [5.74, 6) is -3.06. The highest BCUT2D eigenvalue weighted by molar-refractivity contribution is 5.98. The molecule has 3 heterocycles. The van der Waals surface area contributed by atoms with Gasteiger partial charge in [-0.05, 0) is 49.3 Å². The number of aryl methyl sites for hydroxylation is 2. The zero-order valence-electron chi connectivity index (χ0n) is 22.3. The Kier molecular flexibility index (Phi) is 8.46. The number of aromatic amines is 1. The van der Waals surface area contributed by atoms with Gasteiger partial charge in [0.1, 0.15) is 18.4 Å². The number of carbonyl (C=O) groups is 4. The molecule has 0 aliphatic carbocycles. The third kappa shape index (κ3) is 6.35. The predicted molar refractivity (Wildman–Crippen MR) is 138 cm³/mol. The van der Waals surface area contributed by atoms with E-state index in [4.69, 9.17) is 0 Å². The smallest absolute Gasteiger partial charge is 0.343 e. The molecule has 1 fully saturated rings. The van der Waals surface area contributed by atoms with E-state index >= 15 is 0 Å². The fourth-order valence-corrected chi connectivity index (χ4v) is 4.89. The topological polar surface area (TPSA) is 150 Å². The SMILES string of the molecule is CC(C)[C@@H]1CN(C(=O)c2nn(C)c(=O)[nH]2)CC(=O)NCCCc2ccc(F)c(c2)C(=O)N2CCC[C@H]2C(=O)N1. The monoisotopic (exact) mass is 543 g/mol. The van der Waals surface area contributed by atoms with Gasteiger partial charge in [0, 0.05) is 32.7 Å². The van der Waals surface area contributed by atoms with Crippen LogP contribution in [-0.4, -0.2) is 86.5 Å². The average Bonchev–Trinajstić information content (AvgIpc) is 3.52. The number of hydrogen-bond donors (Lipinski definition) is 3.